The van der Waals surface area contributed by atoms with E-state index < -0.39 is 6.04 Å². The second-order valence-corrected chi connectivity index (χ2v) is 9.41. The molecule has 0 fully saturated rings. The van der Waals surface area contributed by atoms with Gasteiger partial charge in [-0.2, -0.15) is 0 Å². The van der Waals surface area contributed by atoms with Gasteiger partial charge in [0.25, 0.3) is 5.91 Å². The van der Waals surface area contributed by atoms with E-state index in [9.17, 15) is 9.59 Å². The maximum atomic E-state index is 13.7. The molecule has 2 amide bonds. The van der Waals surface area contributed by atoms with Gasteiger partial charge in [-0.25, -0.2) is 0 Å². The average Bonchev–Trinajstić information content (AvgIpc) is 2.87. The summed E-state index contributed by atoms with van der Waals surface area (Å²) in [4.78, 5) is 28.8. The fraction of sp³-hybridized carbons (Fsp3) is 0.355. The van der Waals surface area contributed by atoms with Crippen LogP contribution in [0.4, 0.5) is 0 Å². The predicted molar refractivity (Wildman–Crippen MR) is 145 cm³/mol. The Morgan fingerprint density at radius 3 is 2.25 bits per heavy atom. The van der Waals surface area contributed by atoms with Crippen LogP contribution in [0.25, 0.3) is 0 Å². The molecule has 190 valence electrons. The molecule has 5 heteroatoms. The van der Waals surface area contributed by atoms with Crippen molar-refractivity contribution in [1.82, 2.24) is 10.2 Å². The standard InChI is InChI=1S/C31H38N2O3/c1-5-6-18-32-31(35)28(20-26-10-8-7-9-11-26)33(21-27-15-12-23(2)13-16-27)30(34)22-36-29-17-14-24(3)19-25(29)4/h7-17,19,28H,5-6,18,20-22H2,1-4H3,(H,32,35). The lowest BCUT2D eigenvalue weighted by atomic mass is 10.0. The Morgan fingerprint density at radius 2 is 1.58 bits per heavy atom. The molecule has 5 nitrogen and oxygen atoms in total. The number of hydrogen-bond donors (Lipinski definition) is 1. The zero-order chi connectivity index (χ0) is 25.9. The number of carbonyl (C=O) groups excluding carboxylic acids is 2. The summed E-state index contributed by atoms with van der Waals surface area (Å²) in [5.74, 6) is 0.317. The number of aryl methyl sites for hydroxylation is 3. The molecule has 0 bridgehead atoms. The van der Waals surface area contributed by atoms with Gasteiger partial charge >= 0.3 is 0 Å². The quantitative estimate of drug-likeness (QED) is 0.342. The molecule has 3 aromatic carbocycles. The van der Waals surface area contributed by atoms with Crippen LogP contribution in [0, 0.1) is 20.8 Å². The molecule has 0 saturated carbocycles. The summed E-state index contributed by atoms with van der Waals surface area (Å²) in [6, 6.07) is 23.2. The van der Waals surface area contributed by atoms with Crippen molar-refractivity contribution >= 4 is 11.8 Å². The molecular weight excluding hydrogens is 448 g/mol. The predicted octanol–water partition coefficient (Wildman–Crippen LogP) is 5.55. The van der Waals surface area contributed by atoms with Gasteiger partial charge < -0.3 is 15.0 Å². The zero-order valence-electron chi connectivity index (χ0n) is 21.9. The van der Waals surface area contributed by atoms with Crippen LogP contribution >= 0.6 is 0 Å². The summed E-state index contributed by atoms with van der Waals surface area (Å²) >= 11 is 0. The fourth-order valence-corrected chi connectivity index (χ4v) is 4.13. The number of benzene rings is 3. The first kappa shape index (κ1) is 27.0. The Hall–Kier alpha value is -3.60. The normalized spacial score (nSPS) is 11.6. The molecule has 0 radical (unpaired) electrons. The van der Waals surface area contributed by atoms with Crippen LogP contribution in [0.5, 0.6) is 5.75 Å². The highest BCUT2D eigenvalue weighted by Crippen LogP contribution is 2.20. The molecule has 36 heavy (non-hydrogen) atoms. The maximum Gasteiger partial charge on any atom is 0.261 e. The molecule has 0 aliphatic heterocycles. The van der Waals surface area contributed by atoms with Gasteiger partial charge in [0.2, 0.25) is 5.91 Å². The molecule has 1 N–H and O–H groups in total. The Labute approximate surface area is 215 Å². The van der Waals surface area contributed by atoms with E-state index in [2.05, 4.69) is 12.2 Å². The fourth-order valence-electron chi connectivity index (χ4n) is 4.13. The maximum absolute atomic E-state index is 13.7. The highest BCUT2D eigenvalue weighted by Gasteiger charge is 2.30. The second kappa shape index (κ2) is 13.5. The molecular formula is C31H38N2O3. The average molecular weight is 487 g/mol. The first-order chi connectivity index (χ1) is 17.4. The van der Waals surface area contributed by atoms with Gasteiger partial charge in [-0.3, -0.25) is 9.59 Å². The highest BCUT2D eigenvalue weighted by molar-refractivity contribution is 5.88. The van der Waals surface area contributed by atoms with Crippen molar-refractivity contribution in [1.29, 1.82) is 0 Å². The third-order valence-electron chi connectivity index (χ3n) is 6.26. The number of nitrogens with one attached hydrogen (secondary N) is 1. The lowest BCUT2D eigenvalue weighted by molar-refractivity contribution is -0.142. The Balaban J connectivity index is 1.88. The van der Waals surface area contributed by atoms with Crippen molar-refractivity contribution in [3.63, 3.8) is 0 Å². The van der Waals surface area contributed by atoms with E-state index in [1.165, 1.54) is 0 Å². The molecule has 0 aliphatic carbocycles. The summed E-state index contributed by atoms with van der Waals surface area (Å²) in [5.41, 5.74) is 5.24. The van der Waals surface area contributed by atoms with E-state index in [0.717, 1.165) is 40.7 Å². The first-order valence-corrected chi connectivity index (χ1v) is 12.7. The third-order valence-corrected chi connectivity index (χ3v) is 6.26. The van der Waals surface area contributed by atoms with Crippen molar-refractivity contribution in [2.45, 2.75) is 59.5 Å². The molecule has 0 aliphatic rings. The van der Waals surface area contributed by atoms with Crippen LogP contribution < -0.4 is 10.1 Å². The number of unbranched alkanes of at least 4 members (excludes halogenated alkanes) is 1. The first-order valence-electron chi connectivity index (χ1n) is 12.7. The largest absolute Gasteiger partial charge is 0.483 e. The summed E-state index contributed by atoms with van der Waals surface area (Å²) in [6.07, 6.45) is 2.31. The zero-order valence-corrected chi connectivity index (χ0v) is 21.9. The van der Waals surface area contributed by atoms with Gasteiger partial charge in [0.1, 0.15) is 11.8 Å². The van der Waals surface area contributed by atoms with Crippen LogP contribution in [0.3, 0.4) is 0 Å². The Bertz CT molecular complexity index is 1130. The molecule has 0 spiro atoms. The van der Waals surface area contributed by atoms with E-state index in [0.29, 0.717) is 25.3 Å². The van der Waals surface area contributed by atoms with E-state index in [4.69, 9.17) is 4.74 Å². The molecule has 1 unspecified atom stereocenters. The van der Waals surface area contributed by atoms with Crippen molar-refractivity contribution in [2.24, 2.45) is 0 Å². The number of amides is 2. The number of carbonyl (C=O) groups is 2. The van der Waals surface area contributed by atoms with E-state index >= 15 is 0 Å². The summed E-state index contributed by atoms with van der Waals surface area (Å²) < 4.78 is 5.95. The molecule has 0 aromatic heterocycles. The van der Waals surface area contributed by atoms with Gasteiger partial charge in [-0.15, -0.1) is 0 Å². The van der Waals surface area contributed by atoms with Crippen molar-refractivity contribution in [3.8, 4) is 5.75 Å². The number of hydrogen-bond acceptors (Lipinski definition) is 3. The lowest BCUT2D eigenvalue weighted by Crippen LogP contribution is -2.51. The van der Waals surface area contributed by atoms with Crippen LogP contribution in [-0.4, -0.2) is 35.9 Å². The summed E-state index contributed by atoms with van der Waals surface area (Å²) in [6.45, 7) is 8.89. The number of ether oxygens (including phenoxy) is 1. The highest BCUT2D eigenvalue weighted by atomic mass is 16.5. The molecule has 3 rings (SSSR count). The van der Waals surface area contributed by atoms with Gasteiger partial charge in [0.05, 0.1) is 0 Å². The van der Waals surface area contributed by atoms with E-state index in [-0.39, 0.29) is 18.4 Å². The molecule has 0 saturated heterocycles. The van der Waals surface area contributed by atoms with Crippen molar-refractivity contribution < 1.29 is 14.3 Å². The van der Waals surface area contributed by atoms with Gasteiger partial charge in [0, 0.05) is 19.5 Å². The van der Waals surface area contributed by atoms with Crippen LogP contribution in [-0.2, 0) is 22.6 Å². The van der Waals surface area contributed by atoms with Gasteiger partial charge in [-0.05, 0) is 49.9 Å². The van der Waals surface area contributed by atoms with Crippen molar-refractivity contribution in [2.75, 3.05) is 13.2 Å². The van der Waals surface area contributed by atoms with Crippen LogP contribution in [0.1, 0.15) is 47.6 Å². The molecule has 3 aromatic rings. The minimum Gasteiger partial charge on any atom is -0.483 e. The smallest absolute Gasteiger partial charge is 0.261 e. The molecule has 1 atom stereocenters. The minimum absolute atomic E-state index is 0.136. The Kier molecular flexibility index (Phi) is 10.1. The lowest BCUT2D eigenvalue weighted by Gasteiger charge is -2.31. The Morgan fingerprint density at radius 1 is 0.889 bits per heavy atom. The minimum atomic E-state index is -0.652. The summed E-state index contributed by atoms with van der Waals surface area (Å²) in [7, 11) is 0. The van der Waals surface area contributed by atoms with E-state index in [1.54, 1.807) is 4.90 Å². The molecule has 0 heterocycles. The SMILES string of the molecule is CCCCNC(=O)C(Cc1ccccc1)N(Cc1ccc(C)cc1)C(=O)COc1ccc(C)cc1C. The third kappa shape index (κ3) is 7.98. The van der Waals surface area contributed by atoms with Gasteiger partial charge in [0.15, 0.2) is 6.61 Å². The van der Waals surface area contributed by atoms with Gasteiger partial charge in [-0.1, -0.05) is 91.2 Å². The second-order valence-electron chi connectivity index (χ2n) is 9.41. The summed E-state index contributed by atoms with van der Waals surface area (Å²) in [5, 5.41) is 3.05. The van der Waals surface area contributed by atoms with E-state index in [1.807, 2.05) is 93.6 Å². The topological polar surface area (TPSA) is 58.6 Å². The van der Waals surface area contributed by atoms with Crippen LogP contribution in [0.15, 0.2) is 72.8 Å². The monoisotopic (exact) mass is 486 g/mol. The van der Waals surface area contributed by atoms with Crippen molar-refractivity contribution in [3.05, 3.63) is 101 Å². The number of rotatable bonds is 12. The van der Waals surface area contributed by atoms with Crippen LogP contribution in [0.2, 0.25) is 0 Å². The number of nitrogens with zero attached hydrogens (tertiary/aromatic N) is 1.